The molecular weight excluding hydrogens is 417 g/mol. The summed E-state index contributed by atoms with van der Waals surface area (Å²) in [5, 5.41) is 3.99. The van der Waals surface area contributed by atoms with Gasteiger partial charge in [0.1, 0.15) is 6.10 Å². The van der Waals surface area contributed by atoms with E-state index in [1.54, 1.807) is 6.07 Å². The summed E-state index contributed by atoms with van der Waals surface area (Å²) in [5.41, 5.74) is 8.06. The minimum atomic E-state index is -0.177. The number of halogens is 2. The molecule has 1 amide bonds. The molecule has 1 fully saturated rings. The van der Waals surface area contributed by atoms with E-state index in [0.717, 1.165) is 18.7 Å². The third kappa shape index (κ3) is 6.30. The summed E-state index contributed by atoms with van der Waals surface area (Å²) in [4.78, 5) is 21.3. The van der Waals surface area contributed by atoms with Gasteiger partial charge in [-0.05, 0) is 38.5 Å². The first kappa shape index (κ1) is 25.2. The van der Waals surface area contributed by atoms with Gasteiger partial charge >= 0.3 is 0 Å². The van der Waals surface area contributed by atoms with Crippen LogP contribution in [0.3, 0.4) is 0 Å². The van der Waals surface area contributed by atoms with Crippen LogP contribution >= 0.6 is 24.8 Å². The van der Waals surface area contributed by atoms with E-state index in [0.29, 0.717) is 49.2 Å². The minimum absolute atomic E-state index is 0. The van der Waals surface area contributed by atoms with E-state index >= 15 is 0 Å². The highest BCUT2D eigenvalue weighted by atomic mass is 35.5. The molecule has 1 atom stereocenters. The second-order valence-corrected chi connectivity index (χ2v) is 6.79. The second kappa shape index (κ2) is 11.3. The van der Waals surface area contributed by atoms with Crippen molar-refractivity contribution in [3.63, 3.8) is 0 Å². The lowest BCUT2D eigenvalue weighted by molar-refractivity contribution is 0.0614. The fourth-order valence-corrected chi connectivity index (χ4v) is 3.16. The van der Waals surface area contributed by atoms with Crippen molar-refractivity contribution in [2.24, 2.45) is 0 Å². The smallest absolute Gasteiger partial charge is 0.254 e. The standard InChI is InChI=1S/C19H27N5O3.2ClH/c1-4-26-14(3)18-21-17(27-22-18)12-23-7-9-24(10-8-23)19(25)16-11-15(20)6-5-13(16)2;;/h5-6,11,14H,4,7-10,12,20H2,1-3H3;2*1H. The van der Waals surface area contributed by atoms with Crippen LogP contribution in [0.2, 0.25) is 0 Å². The summed E-state index contributed by atoms with van der Waals surface area (Å²) in [6.45, 7) is 9.77. The lowest BCUT2D eigenvalue weighted by Crippen LogP contribution is -2.48. The Bertz CT molecular complexity index is 794. The summed E-state index contributed by atoms with van der Waals surface area (Å²) < 4.78 is 10.8. The van der Waals surface area contributed by atoms with Crippen LogP contribution in [0.5, 0.6) is 0 Å². The Morgan fingerprint density at radius 1 is 1.28 bits per heavy atom. The fraction of sp³-hybridized carbons (Fsp3) is 0.526. The van der Waals surface area contributed by atoms with Crippen molar-refractivity contribution in [2.75, 3.05) is 38.5 Å². The maximum atomic E-state index is 12.8. The summed E-state index contributed by atoms with van der Waals surface area (Å²) in [6.07, 6.45) is -0.177. The lowest BCUT2D eigenvalue weighted by atomic mass is 10.1. The van der Waals surface area contributed by atoms with E-state index in [9.17, 15) is 4.79 Å². The van der Waals surface area contributed by atoms with Crippen molar-refractivity contribution in [1.29, 1.82) is 0 Å². The number of aryl methyl sites for hydroxylation is 1. The first-order chi connectivity index (χ1) is 13.0. The molecule has 0 spiro atoms. The van der Waals surface area contributed by atoms with Gasteiger partial charge in [0.05, 0.1) is 6.54 Å². The Labute approximate surface area is 183 Å². The van der Waals surface area contributed by atoms with Crippen molar-refractivity contribution >= 4 is 36.4 Å². The van der Waals surface area contributed by atoms with Crippen LogP contribution in [0.1, 0.15) is 47.6 Å². The highest BCUT2D eigenvalue weighted by Gasteiger charge is 2.24. The van der Waals surface area contributed by atoms with Gasteiger partial charge in [0.25, 0.3) is 5.91 Å². The zero-order valence-electron chi connectivity index (χ0n) is 17.0. The van der Waals surface area contributed by atoms with Crippen LogP contribution in [-0.4, -0.2) is 58.6 Å². The van der Waals surface area contributed by atoms with Gasteiger partial charge in [-0.2, -0.15) is 4.98 Å². The third-order valence-electron chi connectivity index (χ3n) is 4.77. The van der Waals surface area contributed by atoms with E-state index in [-0.39, 0.29) is 36.8 Å². The Morgan fingerprint density at radius 3 is 2.62 bits per heavy atom. The number of ether oxygens (including phenoxy) is 1. The molecule has 162 valence electrons. The predicted octanol–water partition coefficient (Wildman–Crippen LogP) is 2.86. The van der Waals surface area contributed by atoms with Gasteiger partial charge in [0.2, 0.25) is 5.89 Å². The number of amides is 1. The molecule has 1 aromatic heterocycles. The van der Waals surface area contributed by atoms with Gasteiger partial charge in [-0.1, -0.05) is 11.2 Å². The largest absolute Gasteiger partial charge is 0.399 e. The van der Waals surface area contributed by atoms with Crippen LogP contribution in [0, 0.1) is 6.92 Å². The van der Waals surface area contributed by atoms with Crippen LogP contribution < -0.4 is 5.73 Å². The maximum absolute atomic E-state index is 12.8. The van der Waals surface area contributed by atoms with Gasteiger partial charge in [0.15, 0.2) is 5.82 Å². The molecule has 2 aromatic rings. The molecule has 0 bridgehead atoms. The predicted molar refractivity (Wildman–Crippen MR) is 116 cm³/mol. The van der Waals surface area contributed by atoms with Crippen LogP contribution in [-0.2, 0) is 11.3 Å². The number of anilines is 1. The minimum Gasteiger partial charge on any atom is -0.399 e. The number of nitrogens with two attached hydrogens (primary N) is 1. The number of nitrogen functional groups attached to an aromatic ring is 1. The quantitative estimate of drug-likeness (QED) is 0.682. The lowest BCUT2D eigenvalue weighted by Gasteiger charge is -2.34. The molecule has 2 heterocycles. The summed E-state index contributed by atoms with van der Waals surface area (Å²) in [7, 11) is 0. The van der Waals surface area contributed by atoms with E-state index in [1.165, 1.54) is 0 Å². The van der Waals surface area contributed by atoms with Crippen molar-refractivity contribution in [3.8, 4) is 0 Å². The Balaban J connectivity index is 0.00000210. The summed E-state index contributed by atoms with van der Waals surface area (Å²) >= 11 is 0. The molecule has 1 saturated heterocycles. The van der Waals surface area contributed by atoms with Crippen molar-refractivity contribution in [3.05, 3.63) is 41.0 Å². The number of hydrogen-bond acceptors (Lipinski definition) is 7. The van der Waals surface area contributed by atoms with Crippen LogP contribution in [0.15, 0.2) is 22.7 Å². The summed E-state index contributed by atoms with van der Waals surface area (Å²) in [6, 6.07) is 5.45. The Kier molecular flexibility index (Phi) is 9.85. The molecule has 1 unspecified atom stereocenters. The highest BCUT2D eigenvalue weighted by Crippen LogP contribution is 2.18. The molecule has 2 N–H and O–H groups in total. The molecule has 0 saturated carbocycles. The molecule has 0 radical (unpaired) electrons. The first-order valence-electron chi connectivity index (χ1n) is 9.29. The Morgan fingerprint density at radius 2 is 1.97 bits per heavy atom. The van der Waals surface area contributed by atoms with Crippen LogP contribution in [0.4, 0.5) is 5.69 Å². The molecule has 3 rings (SSSR count). The maximum Gasteiger partial charge on any atom is 0.254 e. The van der Waals surface area contributed by atoms with Gasteiger partial charge in [0, 0.05) is 44.0 Å². The third-order valence-corrected chi connectivity index (χ3v) is 4.77. The molecule has 10 heteroatoms. The molecule has 1 aliphatic heterocycles. The number of nitrogens with zero attached hydrogens (tertiary/aromatic N) is 4. The van der Waals surface area contributed by atoms with Gasteiger partial charge in [-0.15, -0.1) is 24.8 Å². The second-order valence-electron chi connectivity index (χ2n) is 6.79. The molecule has 1 aromatic carbocycles. The number of benzene rings is 1. The number of piperazine rings is 1. The van der Waals surface area contributed by atoms with Gasteiger partial charge in [-0.25, -0.2) is 0 Å². The fourth-order valence-electron chi connectivity index (χ4n) is 3.16. The van der Waals surface area contributed by atoms with E-state index in [2.05, 4.69) is 15.0 Å². The van der Waals surface area contributed by atoms with Crippen LogP contribution in [0.25, 0.3) is 0 Å². The zero-order valence-corrected chi connectivity index (χ0v) is 18.6. The number of rotatable bonds is 6. The van der Waals surface area contributed by atoms with Crippen molar-refractivity contribution in [2.45, 2.75) is 33.4 Å². The molecule has 29 heavy (non-hydrogen) atoms. The topological polar surface area (TPSA) is 97.7 Å². The van der Waals surface area contributed by atoms with Crippen molar-refractivity contribution in [1.82, 2.24) is 19.9 Å². The van der Waals surface area contributed by atoms with Crippen molar-refractivity contribution < 1.29 is 14.1 Å². The van der Waals surface area contributed by atoms with Gasteiger partial charge in [-0.3, -0.25) is 9.69 Å². The average Bonchev–Trinajstić information content (AvgIpc) is 3.13. The number of aromatic nitrogens is 2. The zero-order chi connectivity index (χ0) is 19.4. The van der Waals surface area contributed by atoms with E-state index in [1.807, 2.05) is 37.8 Å². The van der Waals surface area contributed by atoms with E-state index < -0.39 is 0 Å². The SMILES string of the molecule is CCOC(C)c1noc(CN2CCN(C(=O)c3cc(N)ccc3C)CC2)n1.Cl.Cl. The Hall–Kier alpha value is -1.87. The molecular formula is C19H29Cl2N5O3. The number of carbonyl (C=O) groups is 1. The van der Waals surface area contributed by atoms with E-state index in [4.69, 9.17) is 15.0 Å². The summed E-state index contributed by atoms with van der Waals surface area (Å²) in [5.74, 6) is 1.17. The molecule has 0 aliphatic carbocycles. The first-order valence-corrected chi connectivity index (χ1v) is 9.29. The monoisotopic (exact) mass is 445 g/mol. The normalized spacial score (nSPS) is 15.3. The number of carbonyl (C=O) groups excluding carboxylic acids is 1. The molecule has 8 nitrogen and oxygen atoms in total. The van der Waals surface area contributed by atoms with Gasteiger partial charge < -0.3 is 19.9 Å². The molecule has 1 aliphatic rings. The number of hydrogen-bond donors (Lipinski definition) is 1. The average molecular weight is 446 g/mol. The highest BCUT2D eigenvalue weighted by molar-refractivity contribution is 5.96.